The molecule has 1 aliphatic rings. The fraction of sp³-hybridized carbons (Fsp3) is 0.417. The van der Waals surface area contributed by atoms with E-state index in [1.54, 1.807) is 16.8 Å². The summed E-state index contributed by atoms with van der Waals surface area (Å²) in [6, 6.07) is 0. The van der Waals surface area contributed by atoms with Crippen molar-refractivity contribution in [3.63, 3.8) is 0 Å². The standard InChI is InChI=1S/C12H13N3OS2/c16-12(10-7-17-8-14-10)15-4-1-2-9(6-15)11-13-3-5-18-11/h3,5,7-9H,1-2,4,6H2. The average Bonchev–Trinajstić information content (AvgIpc) is 3.11. The van der Waals surface area contributed by atoms with Crippen LogP contribution in [-0.2, 0) is 0 Å². The van der Waals surface area contributed by atoms with Crippen LogP contribution in [0.25, 0.3) is 0 Å². The molecule has 94 valence electrons. The third kappa shape index (κ3) is 2.30. The maximum Gasteiger partial charge on any atom is 0.273 e. The van der Waals surface area contributed by atoms with Crippen molar-refractivity contribution >= 4 is 28.6 Å². The summed E-state index contributed by atoms with van der Waals surface area (Å²) in [5.41, 5.74) is 2.27. The number of carbonyl (C=O) groups is 1. The van der Waals surface area contributed by atoms with Crippen LogP contribution in [0.2, 0.25) is 0 Å². The molecule has 0 aliphatic carbocycles. The highest BCUT2D eigenvalue weighted by atomic mass is 32.1. The van der Waals surface area contributed by atoms with Crippen molar-refractivity contribution in [3.05, 3.63) is 33.2 Å². The van der Waals surface area contributed by atoms with E-state index in [4.69, 9.17) is 0 Å². The molecule has 1 unspecified atom stereocenters. The lowest BCUT2D eigenvalue weighted by Crippen LogP contribution is -2.39. The SMILES string of the molecule is O=C(c1cscn1)N1CCCC(c2nccs2)C1. The van der Waals surface area contributed by atoms with Gasteiger partial charge in [-0.15, -0.1) is 22.7 Å². The van der Waals surface area contributed by atoms with E-state index in [2.05, 4.69) is 9.97 Å². The summed E-state index contributed by atoms with van der Waals surface area (Å²) in [4.78, 5) is 22.6. The van der Waals surface area contributed by atoms with Crippen LogP contribution in [0.3, 0.4) is 0 Å². The summed E-state index contributed by atoms with van der Waals surface area (Å²) in [6.07, 6.45) is 4.00. The van der Waals surface area contributed by atoms with Crippen molar-refractivity contribution < 1.29 is 4.79 Å². The molecule has 0 spiro atoms. The average molecular weight is 279 g/mol. The molecule has 1 atom stereocenters. The number of rotatable bonds is 2. The topological polar surface area (TPSA) is 46.1 Å². The van der Waals surface area contributed by atoms with Gasteiger partial charge in [-0.1, -0.05) is 0 Å². The highest BCUT2D eigenvalue weighted by molar-refractivity contribution is 7.09. The van der Waals surface area contributed by atoms with Crippen LogP contribution in [0, 0.1) is 0 Å². The molecule has 1 fully saturated rings. The van der Waals surface area contributed by atoms with Gasteiger partial charge in [0.05, 0.1) is 10.5 Å². The second kappa shape index (κ2) is 5.16. The van der Waals surface area contributed by atoms with Gasteiger partial charge in [-0.25, -0.2) is 9.97 Å². The van der Waals surface area contributed by atoms with E-state index in [0.29, 0.717) is 11.6 Å². The van der Waals surface area contributed by atoms with E-state index in [-0.39, 0.29) is 5.91 Å². The zero-order valence-corrected chi connectivity index (χ0v) is 11.4. The van der Waals surface area contributed by atoms with E-state index in [1.807, 2.05) is 21.9 Å². The molecule has 0 radical (unpaired) electrons. The molecule has 4 nitrogen and oxygen atoms in total. The minimum Gasteiger partial charge on any atom is -0.337 e. The first-order chi connectivity index (χ1) is 8.84. The molecule has 0 N–H and O–H groups in total. The van der Waals surface area contributed by atoms with Crippen molar-refractivity contribution in [2.75, 3.05) is 13.1 Å². The van der Waals surface area contributed by atoms with Gasteiger partial charge >= 0.3 is 0 Å². The van der Waals surface area contributed by atoms with E-state index in [0.717, 1.165) is 30.9 Å². The molecular formula is C12H13N3OS2. The predicted molar refractivity (Wildman–Crippen MR) is 72.1 cm³/mol. The van der Waals surface area contributed by atoms with Gasteiger partial charge in [-0.3, -0.25) is 4.79 Å². The van der Waals surface area contributed by atoms with Crippen molar-refractivity contribution in [2.24, 2.45) is 0 Å². The fourth-order valence-electron chi connectivity index (χ4n) is 2.28. The number of carbonyl (C=O) groups excluding carboxylic acids is 1. The Balaban J connectivity index is 1.73. The number of hydrogen-bond donors (Lipinski definition) is 0. The first-order valence-corrected chi connectivity index (χ1v) is 7.73. The fourth-order valence-corrected chi connectivity index (χ4v) is 3.57. The van der Waals surface area contributed by atoms with Gasteiger partial charge in [-0.2, -0.15) is 0 Å². The number of aromatic nitrogens is 2. The summed E-state index contributed by atoms with van der Waals surface area (Å²) in [5.74, 6) is 0.443. The molecule has 18 heavy (non-hydrogen) atoms. The van der Waals surface area contributed by atoms with Crippen LogP contribution in [0.15, 0.2) is 22.5 Å². The Morgan fingerprint density at radius 1 is 1.44 bits per heavy atom. The monoisotopic (exact) mass is 279 g/mol. The van der Waals surface area contributed by atoms with Gasteiger partial charge in [0.1, 0.15) is 5.69 Å². The first kappa shape index (κ1) is 11.8. The Kier molecular flexibility index (Phi) is 3.38. The minimum atomic E-state index is 0.0532. The molecule has 1 amide bonds. The van der Waals surface area contributed by atoms with Gasteiger partial charge in [-0.05, 0) is 12.8 Å². The van der Waals surface area contributed by atoms with E-state index in [1.165, 1.54) is 11.3 Å². The molecule has 6 heteroatoms. The number of amides is 1. The van der Waals surface area contributed by atoms with Crippen LogP contribution >= 0.6 is 22.7 Å². The van der Waals surface area contributed by atoms with Crippen LogP contribution in [0.4, 0.5) is 0 Å². The van der Waals surface area contributed by atoms with Crippen molar-refractivity contribution in [1.82, 2.24) is 14.9 Å². The predicted octanol–water partition coefficient (Wildman–Crippen LogP) is 2.62. The molecule has 3 heterocycles. The molecule has 0 aromatic carbocycles. The number of nitrogens with zero attached hydrogens (tertiary/aromatic N) is 3. The number of piperidine rings is 1. The Morgan fingerprint density at radius 2 is 2.39 bits per heavy atom. The third-order valence-corrected chi connectivity index (χ3v) is 4.69. The minimum absolute atomic E-state index is 0.0532. The zero-order chi connectivity index (χ0) is 12.4. The quantitative estimate of drug-likeness (QED) is 0.849. The molecule has 2 aromatic heterocycles. The number of thiazole rings is 2. The Morgan fingerprint density at radius 3 is 3.11 bits per heavy atom. The Labute approximate surface area is 113 Å². The smallest absolute Gasteiger partial charge is 0.273 e. The third-order valence-electron chi connectivity index (χ3n) is 3.16. The molecule has 0 saturated carbocycles. The maximum atomic E-state index is 12.2. The second-order valence-electron chi connectivity index (χ2n) is 4.33. The van der Waals surface area contributed by atoms with Crippen molar-refractivity contribution in [3.8, 4) is 0 Å². The molecule has 3 rings (SSSR count). The van der Waals surface area contributed by atoms with Gasteiger partial charge < -0.3 is 4.90 Å². The lowest BCUT2D eigenvalue weighted by atomic mass is 9.98. The summed E-state index contributed by atoms with van der Waals surface area (Å²) < 4.78 is 0. The number of likely N-dealkylation sites (tertiary alicyclic amines) is 1. The zero-order valence-electron chi connectivity index (χ0n) is 9.78. The summed E-state index contributed by atoms with van der Waals surface area (Å²) in [5, 5.41) is 4.96. The van der Waals surface area contributed by atoms with Crippen LogP contribution < -0.4 is 0 Å². The van der Waals surface area contributed by atoms with E-state index in [9.17, 15) is 4.79 Å². The Hall–Kier alpha value is -1.27. The summed E-state index contributed by atoms with van der Waals surface area (Å²) >= 11 is 3.14. The summed E-state index contributed by atoms with van der Waals surface area (Å²) in [6.45, 7) is 1.60. The van der Waals surface area contributed by atoms with Crippen LogP contribution in [0.1, 0.15) is 34.3 Å². The summed E-state index contributed by atoms with van der Waals surface area (Å²) in [7, 11) is 0. The normalized spacial score (nSPS) is 20.0. The van der Waals surface area contributed by atoms with Gasteiger partial charge in [0.25, 0.3) is 5.91 Å². The Bertz CT molecular complexity index is 509. The lowest BCUT2D eigenvalue weighted by Gasteiger charge is -2.31. The highest BCUT2D eigenvalue weighted by Crippen LogP contribution is 2.28. The highest BCUT2D eigenvalue weighted by Gasteiger charge is 2.27. The molecular weight excluding hydrogens is 266 g/mol. The maximum absolute atomic E-state index is 12.2. The largest absolute Gasteiger partial charge is 0.337 e. The van der Waals surface area contributed by atoms with E-state index < -0.39 is 0 Å². The van der Waals surface area contributed by atoms with Crippen LogP contribution in [-0.4, -0.2) is 33.9 Å². The second-order valence-corrected chi connectivity index (χ2v) is 5.98. The molecule has 2 aromatic rings. The first-order valence-electron chi connectivity index (χ1n) is 5.91. The van der Waals surface area contributed by atoms with Crippen molar-refractivity contribution in [2.45, 2.75) is 18.8 Å². The van der Waals surface area contributed by atoms with E-state index >= 15 is 0 Å². The van der Waals surface area contributed by atoms with Crippen LogP contribution in [0.5, 0.6) is 0 Å². The lowest BCUT2D eigenvalue weighted by molar-refractivity contribution is 0.0702. The molecule has 0 bridgehead atoms. The van der Waals surface area contributed by atoms with Crippen molar-refractivity contribution in [1.29, 1.82) is 0 Å². The molecule has 1 saturated heterocycles. The van der Waals surface area contributed by atoms with Gasteiger partial charge in [0, 0.05) is 36.0 Å². The van der Waals surface area contributed by atoms with Gasteiger partial charge in [0.2, 0.25) is 0 Å². The molecule has 1 aliphatic heterocycles. The number of hydrogen-bond acceptors (Lipinski definition) is 5. The van der Waals surface area contributed by atoms with Gasteiger partial charge in [0.15, 0.2) is 0 Å².